The maximum atomic E-state index is 12.3. The molecule has 1 aromatic carbocycles. The Morgan fingerprint density at radius 1 is 1.23 bits per heavy atom. The summed E-state index contributed by atoms with van der Waals surface area (Å²) >= 11 is 0. The molecule has 1 aliphatic heterocycles. The lowest BCUT2D eigenvalue weighted by atomic mass is 10.0. The first-order chi connectivity index (χ1) is 12.5. The fraction of sp³-hybridized carbons (Fsp3) is 0.524. The van der Waals surface area contributed by atoms with Crippen molar-refractivity contribution in [1.29, 1.82) is 0 Å². The largest absolute Gasteiger partial charge is 0.352 e. The van der Waals surface area contributed by atoms with E-state index in [1.807, 2.05) is 12.3 Å². The lowest BCUT2D eigenvalue weighted by Crippen LogP contribution is -2.48. The zero-order valence-corrected chi connectivity index (χ0v) is 16.2. The fourth-order valence-corrected chi connectivity index (χ4v) is 3.59. The number of rotatable bonds is 6. The van der Waals surface area contributed by atoms with Gasteiger partial charge in [0.05, 0.1) is 5.52 Å². The van der Waals surface area contributed by atoms with Gasteiger partial charge in [0.25, 0.3) is 0 Å². The number of hydrogen-bond acceptors (Lipinski definition) is 4. The molecule has 2 heterocycles. The van der Waals surface area contributed by atoms with Gasteiger partial charge < -0.3 is 10.2 Å². The fourth-order valence-electron chi connectivity index (χ4n) is 3.59. The van der Waals surface area contributed by atoms with E-state index in [2.05, 4.69) is 59.2 Å². The number of amides is 1. The predicted molar refractivity (Wildman–Crippen MR) is 106 cm³/mol. The van der Waals surface area contributed by atoms with Gasteiger partial charge in [-0.1, -0.05) is 18.2 Å². The van der Waals surface area contributed by atoms with Crippen LogP contribution in [0.5, 0.6) is 0 Å². The highest BCUT2D eigenvalue weighted by Gasteiger charge is 2.19. The van der Waals surface area contributed by atoms with Gasteiger partial charge in [-0.3, -0.25) is 14.7 Å². The van der Waals surface area contributed by atoms with Crippen LogP contribution in [0.1, 0.15) is 30.9 Å². The number of benzene rings is 1. The number of hydrogen-bond donors (Lipinski definition) is 1. The van der Waals surface area contributed by atoms with E-state index in [0.717, 1.165) is 54.6 Å². The normalized spacial score (nSPS) is 17.3. The Morgan fingerprint density at radius 2 is 2.00 bits per heavy atom. The Labute approximate surface area is 156 Å². The van der Waals surface area contributed by atoms with E-state index in [-0.39, 0.29) is 5.91 Å². The van der Waals surface area contributed by atoms with Crippen molar-refractivity contribution in [1.82, 2.24) is 20.1 Å². The molecule has 1 N–H and O–H groups in total. The van der Waals surface area contributed by atoms with Crippen molar-refractivity contribution in [2.75, 3.05) is 33.2 Å². The molecular weight excluding hydrogens is 324 g/mol. The summed E-state index contributed by atoms with van der Waals surface area (Å²) in [5.41, 5.74) is 3.30. The van der Waals surface area contributed by atoms with Crippen LogP contribution in [0.2, 0.25) is 0 Å². The number of piperazine rings is 1. The molecule has 2 aromatic rings. The van der Waals surface area contributed by atoms with Crippen LogP contribution < -0.4 is 5.32 Å². The van der Waals surface area contributed by atoms with Gasteiger partial charge in [-0.25, -0.2) is 0 Å². The molecule has 0 aliphatic carbocycles. The van der Waals surface area contributed by atoms with E-state index in [0.29, 0.717) is 19.0 Å². The van der Waals surface area contributed by atoms with Crippen molar-refractivity contribution in [2.45, 2.75) is 39.3 Å². The third kappa shape index (κ3) is 4.59. The minimum atomic E-state index is 0.128. The molecule has 0 spiro atoms. The maximum absolute atomic E-state index is 12.3. The molecule has 1 fully saturated rings. The molecule has 5 heteroatoms. The summed E-state index contributed by atoms with van der Waals surface area (Å²) in [4.78, 5) is 21.6. The summed E-state index contributed by atoms with van der Waals surface area (Å²) in [6.07, 6.45) is 3.30. The van der Waals surface area contributed by atoms with Gasteiger partial charge in [-0.2, -0.15) is 0 Å². The van der Waals surface area contributed by atoms with Gasteiger partial charge in [-0.15, -0.1) is 0 Å². The smallest absolute Gasteiger partial charge is 0.220 e. The molecule has 140 valence electrons. The van der Waals surface area contributed by atoms with Gasteiger partial charge in [0.1, 0.15) is 0 Å². The second kappa shape index (κ2) is 8.60. The van der Waals surface area contributed by atoms with Gasteiger partial charge in [-0.05, 0) is 44.5 Å². The molecule has 1 aliphatic rings. The number of carbonyl (C=O) groups is 1. The molecular formula is C21H30N4O. The van der Waals surface area contributed by atoms with Crippen molar-refractivity contribution in [3.05, 3.63) is 41.6 Å². The molecule has 1 aromatic heterocycles. The Balaban J connectivity index is 1.49. The standard InChI is InChI=1S/C21H30N4O/c1-16-6-8-18(19-5-4-10-22-21(16)19)15-23-20(26)9-7-17(2)25-13-11-24(3)12-14-25/h4-6,8,10,17H,7,9,11-15H2,1-3H3,(H,23,26). The minimum absolute atomic E-state index is 0.128. The minimum Gasteiger partial charge on any atom is -0.352 e. The second-order valence-electron chi connectivity index (χ2n) is 7.44. The number of aromatic nitrogens is 1. The highest BCUT2D eigenvalue weighted by Crippen LogP contribution is 2.20. The molecule has 3 rings (SSSR count). The quantitative estimate of drug-likeness (QED) is 0.866. The Hall–Kier alpha value is -1.98. The van der Waals surface area contributed by atoms with Crippen LogP contribution in [0.15, 0.2) is 30.5 Å². The van der Waals surface area contributed by atoms with Crippen molar-refractivity contribution in [2.24, 2.45) is 0 Å². The second-order valence-corrected chi connectivity index (χ2v) is 7.44. The first-order valence-corrected chi connectivity index (χ1v) is 9.57. The Morgan fingerprint density at radius 3 is 2.77 bits per heavy atom. The van der Waals surface area contributed by atoms with Crippen molar-refractivity contribution in [3.63, 3.8) is 0 Å². The maximum Gasteiger partial charge on any atom is 0.220 e. The lowest BCUT2D eigenvalue weighted by Gasteiger charge is -2.36. The third-order valence-corrected chi connectivity index (χ3v) is 5.49. The number of aryl methyl sites for hydroxylation is 1. The molecule has 1 unspecified atom stereocenters. The van der Waals surface area contributed by atoms with Crippen molar-refractivity contribution >= 4 is 16.8 Å². The van der Waals surface area contributed by atoms with Crippen LogP contribution in [-0.2, 0) is 11.3 Å². The summed E-state index contributed by atoms with van der Waals surface area (Å²) in [6, 6.07) is 8.65. The number of likely N-dealkylation sites (N-methyl/N-ethyl adjacent to an activating group) is 1. The Kier molecular flexibility index (Phi) is 6.22. The van der Waals surface area contributed by atoms with Crippen molar-refractivity contribution in [3.8, 4) is 0 Å². The van der Waals surface area contributed by atoms with Gasteiger partial charge in [0.2, 0.25) is 5.91 Å². The SMILES string of the molecule is Cc1ccc(CNC(=O)CCC(C)N2CCN(C)CC2)c2cccnc12. The van der Waals surface area contributed by atoms with E-state index >= 15 is 0 Å². The summed E-state index contributed by atoms with van der Waals surface area (Å²) < 4.78 is 0. The first-order valence-electron chi connectivity index (χ1n) is 9.57. The average molecular weight is 354 g/mol. The summed E-state index contributed by atoms with van der Waals surface area (Å²) in [6.45, 7) is 9.29. The summed E-state index contributed by atoms with van der Waals surface area (Å²) in [5, 5.41) is 4.21. The third-order valence-electron chi connectivity index (χ3n) is 5.49. The van der Waals surface area contributed by atoms with Gasteiger partial charge in [0.15, 0.2) is 0 Å². The average Bonchev–Trinajstić information content (AvgIpc) is 2.66. The molecule has 1 amide bonds. The monoisotopic (exact) mass is 354 g/mol. The van der Waals surface area contributed by atoms with Crippen LogP contribution in [0.3, 0.4) is 0 Å². The van der Waals surface area contributed by atoms with Crippen LogP contribution in [0.4, 0.5) is 0 Å². The summed E-state index contributed by atoms with van der Waals surface area (Å²) in [5.74, 6) is 0.128. The number of fused-ring (bicyclic) bond motifs is 1. The number of nitrogens with one attached hydrogen (secondary N) is 1. The van der Waals surface area contributed by atoms with Crippen molar-refractivity contribution < 1.29 is 4.79 Å². The van der Waals surface area contributed by atoms with E-state index in [1.165, 1.54) is 0 Å². The van der Waals surface area contributed by atoms with E-state index in [1.54, 1.807) is 0 Å². The Bertz CT molecular complexity index is 753. The highest BCUT2D eigenvalue weighted by molar-refractivity contribution is 5.85. The number of nitrogens with zero attached hydrogens (tertiary/aromatic N) is 3. The first kappa shape index (κ1) is 18.8. The molecule has 26 heavy (non-hydrogen) atoms. The van der Waals surface area contributed by atoms with Crippen LogP contribution >= 0.6 is 0 Å². The van der Waals surface area contributed by atoms with Gasteiger partial charge >= 0.3 is 0 Å². The van der Waals surface area contributed by atoms with E-state index in [4.69, 9.17) is 0 Å². The number of pyridine rings is 1. The zero-order valence-electron chi connectivity index (χ0n) is 16.2. The zero-order chi connectivity index (χ0) is 18.5. The van der Waals surface area contributed by atoms with Crippen LogP contribution in [0.25, 0.3) is 10.9 Å². The van der Waals surface area contributed by atoms with Crippen LogP contribution in [-0.4, -0.2) is 60.0 Å². The molecule has 0 bridgehead atoms. The number of carbonyl (C=O) groups excluding carboxylic acids is 1. The predicted octanol–water partition coefficient (Wildman–Crippen LogP) is 2.58. The highest BCUT2D eigenvalue weighted by atomic mass is 16.1. The van der Waals surface area contributed by atoms with Gasteiger partial charge in [0, 0.05) is 56.8 Å². The lowest BCUT2D eigenvalue weighted by molar-refractivity contribution is -0.121. The topological polar surface area (TPSA) is 48.5 Å². The molecule has 0 saturated carbocycles. The summed E-state index contributed by atoms with van der Waals surface area (Å²) in [7, 11) is 2.17. The molecule has 1 saturated heterocycles. The molecule has 1 atom stereocenters. The van der Waals surface area contributed by atoms with E-state index < -0.39 is 0 Å². The van der Waals surface area contributed by atoms with Crippen LogP contribution in [0, 0.1) is 6.92 Å². The molecule has 0 radical (unpaired) electrons. The molecule has 5 nitrogen and oxygen atoms in total. The van der Waals surface area contributed by atoms with E-state index in [9.17, 15) is 4.79 Å².